The number of carbonyl (C=O) groups is 1. The van der Waals surface area contributed by atoms with Crippen molar-refractivity contribution in [3.8, 4) is 11.7 Å². The summed E-state index contributed by atoms with van der Waals surface area (Å²) >= 11 is 0. The Kier molecular flexibility index (Phi) is 6.43. The summed E-state index contributed by atoms with van der Waals surface area (Å²) in [7, 11) is -2.50. The average Bonchev–Trinajstić information content (AvgIpc) is 3.80. The molecule has 0 radical (unpaired) electrons. The van der Waals surface area contributed by atoms with Crippen LogP contribution in [0.2, 0.25) is 0 Å². The molecule has 1 amide bonds. The van der Waals surface area contributed by atoms with Crippen LogP contribution in [0.1, 0.15) is 68.9 Å². The van der Waals surface area contributed by atoms with E-state index in [1.54, 1.807) is 30.8 Å². The number of rotatable bonds is 9. The third-order valence-electron chi connectivity index (χ3n) is 8.15. The third kappa shape index (κ3) is 5.21. The van der Waals surface area contributed by atoms with Gasteiger partial charge in [0.2, 0.25) is 5.88 Å². The van der Waals surface area contributed by atoms with E-state index in [4.69, 9.17) is 9.72 Å². The Bertz CT molecular complexity index is 1540. The Hall–Kier alpha value is -3.41. The Morgan fingerprint density at radius 1 is 1.12 bits per heavy atom. The molecule has 1 aliphatic heterocycles. The normalized spacial score (nSPS) is 20.8. The summed E-state index contributed by atoms with van der Waals surface area (Å²) in [6.07, 6.45) is 9.21. The fourth-order valence-electron chi connectivity index (χ4n) is 6.05. The molecule has 6 rings (SSSR count). The topological polar surface area (TPSA) is 124 Å². The molecular formula is C28H37N7O4S. The highest BCUT2D eigenvalue weighted by molar-refractivity contribution is 7.90. The van der Waals surface area contributed by atoms with Gasteiger partial charge in [-0.25, -0.2) is 22.8 Å². The molecule has 3 aromatic rings. The molecule has 3 fully saturated rings. The van der Waals surface area contributed by atoms with E-state index < -0.39 is 15.9 Å². The maximum atomic E-state index is 13.5. The summed E-state index contributed by atoms with van der Waals surface area (Å²) in [4.78, 5) is 20.4. The lowest BCUT2D eigenvalue weighted by Gasteiger charge is -2.34. The van der Waals surface area contributed by atoms with Crippen molar-refractivity contribution >= 4 is 21.7 Å². The molecule has 3 aliphatic rings. The average molecular weight is 568 g/mol. The van der Waals surface area contributed by atoms with Gasteiger partial charge in [-0.05, 0) is 82.8 Å². The van der Waals surface area contributed by atoms with E-state index in [1.165, 1.54) is 36.6 Å². The van der Waals surface area contributed by atoms with Gasteiger partial charge in [0.15, 0.2) is 5.82 Å². The minimum Gasteiger partial charge on any atom is -0.473 e. The van der Waals surface area contributed by atoms with Crippen LogP contribution in [0, 0.1) is 24.7 Å². The number of amides is 1. The highest BCUT2D eigenvalue weighted by Crippen LogP contribution is 2.46. The SMILES string of the molecule is Cc1nn(C)cc1S(=O)(=O)NC(=O)c1ccc(-n2ccc(OC(C3CC3)C3CC3)n2)nc1N1C[C@@H](C)CC1(C)C. The Labute approximate surface area is 235 Å². The van der Waals surface area contributed by atoms with Crippen molar-refractivity contribution < 1.29 is 17.9 Å². The van der Waals surface area contributed by atoms with E-state index in [0.717, 1.165) is 6.42 Å². The molecular weight excluding hydrogens is 530 g/mol. The summed E-state index contributed by atoms with van der Waals surface area (Å²) in [6, 6.07) is 5.16. The van der Waals surface area contributed by atoms with Crippen molar-refractivity contribution in [2.75, 3.05) is 11.4 Å². The van der Waals surface area contributed by atoms with Crippen molar-refractivity contribution in [2.24, 2.45) is 24.8 Å². The van der Waals surface area contributed by atoms with Gasteiger partial charge in [-0.3, -0.25) is 9.48 Å². The van der Waals surface area contributed by atoms with E-state index in [-0.39, 0.29) is 22.1 Å². The van der Waals surface area contributed by atoms with Gasteiger partial charge in [-0.15, -0.1) is 5.10 Å². The van der Waals surface area contributed by atoms with Crippen molar-refractivity contribution in [2.45, 2.75) is 76.3 Å². The van der Waals surface area contributed by atoms with Gasteiger partial charge in [-0.2, -0.15) is 5.10 Å². The first-order valence-electron chi connectivity index (χ1n) is 14.0. The summed E-state index contributed by atoms with van der Waals surface area (Å²) in [5, 5.41) is 8.75. The molecule has 2 aliphatic carbocycles. The number of aryl methyl sites for hydroxylation is 2. The molecule has 11 nitrogen and oxygen atoms in total. The number of pyridine rings is 1. The Morgan fingerprint density at radius 2 is 1.82 bits per heavy atom. The van der Waals surface area contributed by atoms with Crippen molar-refractivity contribution in [3.05, 3.63) is 41.9 Å². The standard InChI is InChI=1S/C28H37N7O4S/c1-17-14-28(3,4)34(15-17)26-21(27(36)32-40(37,38)22-16-33(5)30-18(22)2)10-11-23(29-26)35-13-12-24(31-35)39-25(19-6-7-19)20-8-9-20/h10-13,16-17,19-20,25H,6-9,14-15H2,1-5H3,(H,32,36)/t17-/m0/s1. The van der Waals surface area contributed by atoms with Crippen LogP contribution in [0.5, 0.6) is 5.88 Å². The van der Waals surface area contributed by atoms with Gasteiger partial charge < -0.3 is 9.64 Å². The lowest BCUT2D eigenvalue weighted by atomic mass is 9.97. The number of hydrogen-bond acceptors (Lipinski definition) is 8. The molecule has 0 spiro atoms. The zero-order valence-corrected chi connectivity index (χ0v) is 24.5. The van der Waals surface area contributed by atoms with Crippen LogP contribution >= 0.6 is 0 Å². The van der Waals surface area contributed by atoms with E-state index >= 15 is 0 Å². The summed E-state index contributed by atoms with van der Waals surface area (Å²) in [5.74, 6) is 2.42. The molecule has 40 heavy (non-hydrogen) atoms. The van der Waals surface area contributed by atoms with Gasteiger partial charge in [-0.1, -0.05) is 6.92 Å². The number of nitrogens with zero attached hydrogens (tertiary/aromatic N) is 6. The lowest BCUT2D eigenvalue weighted by Crippen LogP contribution is -2.41. The molecule has 12 heteroatoms. The smallest absolute Gasteiger partial charge is 0.268 e. The number of hydrogen-bond donors (Lipinski definition) is 1. The highest BCUT2D eigenvalue weighted by Gasteiger charge is 2.44. The molecule has 1 N–H and O–H groups in total. The van der Waals surface area contributed by atoms with E-state index in [9.17, 15) is 13.2 Å². The van der Waals surface area contributed by atoms with Crippen LogP contribution in [0.3, 0.4) is 0 Å². The zero-order valence-electron chi connectivity index (χ0n) is 23.7. The maximum absolute atomic E-state index is 13.5. The predicted molar refractivity (Wildman–Crippen MR) is 149 cm³/mol. The molecule has 0 unspecified atom stereocenters. The molecule has 0 bridgehead atoms. The molecule has 0 aromatic carbocycles. The summed E-state index contributed by atoms with van der Waals surface area (Å²) in [6.45, 7) is 8.66. The number of ether oxygens (including phenoxy) is 1. The monoisotopic (exact) mass is 567 g/mol. The fourth-order valence-corrected chi connectivity index (χ4v) is 7.23. The number of aromatic nitrogens is 5. The summed E-state index contributed by atoms with van der Waals surface area (Å²) < 4.78 is 37.8. The number of nitrogens with one attached hydrogen (secondary N) is 1. The predicted octanol–water partition coefficient (Wildman–Crippen LogP) is 3.62. The van der Waals surface area contributed by atoms with Gasteiger partial charge in [0.25, 0.3) is 15.9 Å². The first kappa shape index (κ1) is 26.8. The van der Waals surface area contributed by atoms with E-state index in [0.29, 0.717) is 47.5 Å². The number of carbonyl (C=O) groups excluding carboxylic acids is 1. The van der Waals surface area contributed by atoms with Crippen LogP contribution in [0.15, 0.2) is 35.5 Å². The molecule has 4 heterocycles. The highest BCUT2D eigenvalue weighted by atomic mass is 32.2. The minimum atomic E-state index is -4.14. The Balaban J connectivity index is 1.32. The van der Waals surface area contributed by atoms with Crippen LogP contribution in [-0.2, 0) is 17.1 Å². The second kappa shape index (κ2) is 9.60. The van der Waals surface area contributed by atoms with Crippen molar-refractivity contribution in [1.29, 1.82) is 0 Å². The largest absolute Gasteiger partial charge is 0.473 e. The number of anilines is 1. The first-order valence-corrected chi connectivity index (χ1v) is 15.5. The third-order valence-corrected chi connectivity index (χ3v) is 9.58. The fraction of sp³-hybridized carbons (Fsp3) is 0.571. The van der Waals surface area contributed by atoms with Gasteiger partial charge in [0.1, 0.15) is 16.8 Å². The quantitative estimate of drug-likeness (QED) is 0.416. The van der Waals surface area contributed by atoms with Crippen molar-refractivity contribution in [3.63, 3.8) is 0 Å². The van der Waals surface area contributed by atoms with Gasteiger partial charge in [0, 0.05) is 37.6 Å². The van der Waals surface area contributed by atoms with Crippen LogP contribution in [-0.4, -0.2) is 57.1 Å². The Morgan fingerprint density at radius 3 is 2.40 bits per heavy atom. The van der Waals surface area contributed by atoms with E-state index in [2.05, 4.69) is 40.6 Å². The first-order chi connectivity index (χ1) is 18.9. The van der Waals surface area contributed by atoms with Crippen LogP contribution < -0.4 is 14.4 Å². The molecule has 214 valence electrons. The van der Waals surface area contributed by atoms with Gasteiger partial charge in [0.05, 0.1) is 11.3 Å². The van der Waals surface area contributed by atoms with Crippen LogP contribution in [0.4, 0.5) is 5.82 Å². The lowest BCUT2D eigenvalue weighted by molar-refractivity contribution is 0.0981. The van der Waals surface area contributed by atoms with E-state index in [1.807, 2.05) is 12.3 Å². The zero-order chi connectivity index (χ0) is 28.4. The van der Waals surface area contributed by atoms with Crippen molar-refractivity contribution in [1.82, 2.24) is 29.3 Å². The summed E-state index contributed by atoms with van der Waals surface area (Å²) in [5.41, 5.74) is 0.217. The van der Waals surface area contributed by atoms with Crippen LogP contribution in [0.25, 0.3) is 5.82 Å². The molecule has 1 atom stereocenters. The second-order valence-corrected chi connectivity index (χ2v) is 14.0. The molecule has 1 saturated heterocycles. The molecule has 2 saturated carbocycles. The number of sulfonamides is 1. The minimum absolute atomic E-state index is 0.0376. The molecule has 3 aromatic heterocycles. The maximum Gasteiger partial charge on any atom is 0.268 e. The van der Waals surface area contributed by atoms with Gasteiger partial charge >= 0.3 is 0 Å². The second-order valence-electron chi connectivity index (χ2n) is 12.3.